The van der Waals surface area contributed by atoms with Crippen LogP contribution in [0.3, 0.4) is 0 Å². The molecule has 0 bridgehead atoms. The van der Waals surface area contributed by atoms with Gasteiger partial charge in [0.05, 0.1) is 25.9 Å². The predicted molar refractivity (Wildman–Crippen MR) is 141 cm³/mol. The lowest BCUT2D eigenvalue weighted by Gasteiger charge is -2.24. The van der Waals surface area contributed by atoms with Crippen LogP contribution in [0, 0.1) is 0 Å². The highest BCUT2D eigenvalue weighted by atomic mass is 31.2. The van der Waals surface area contributed by atoms with Gasteiger partial charge in [-0.3, -0.25) is 28.0 Å². The summed E-state index contributed by atoms with van der Waals surface area (Å²) in [5.41, 5.74) is 11.0. The number of nitrogens with zero attached hydrogens (tertiary/aromatic N) is 7. The quantitative estimate of drug-likeness (QED) is 0.0859. The number of phosphoric ester groups is 1. The summed E-state index contributed by atoms with van der Waals surface area (Å²) >= 11 is 0. The average molecular weight is 629 g/mol. The van der Waals surface area contributed by atoms with Gasteiger partial charge in [-0.25, -0.2) is 24.5 Å². The first-order chi connectivity index (χ1) is 20.0. The van der Waals surface area contributed by atoms with Crippen molar-refractivity contribution in [3.05, 3.63) is 29.3 Å². The van der Waals surface area contributed by atoms with Crippen molar-refractivity contribution in [2.75, 3.05) is 24.7 Å². The molecule has 0 amide bonds. The highest BCUT2D eigenvalue weighted by Gasteiger charge is 2.50. The van der Waals surface area contributed by atoms with Crippen LogP contribution in [0.4, 0.5) is 11.8 Å². The van der Waals surface area contributed by atoms with Crippen LogP contribution >= 0.6 is 7.82 Å². The van der Waals surface area contributed by atoms with Crippen molar-refractivity contribution in [2.45, 2.75) is 49.1 Å². The molecule has 0 aromatic carbocycles. The van der Waals surface area contributed by atoms with Gasteiger partial charge < -0.3 is 52.4 Å². The van der Waals surface area contributed by atoms with Crippen molar-refractivity contribution < 1.29 is 48.4 Å². The number of ether oxygens (including phenoxy) is 2. The maximum Gasteiger partial charge on any atom is 0.472 e. The number of hydrogen-bond acceptors (Lipinski definition) is 18. The molecular formula is C20H28N11O11P. The van der Waals surface area contributed by atoms with Crippen molar-refractivity contribution in [1.29, 1.82) is 0 Å². The number of nitrogens with one attached hydrogen (secondary N) is 1. The monoisotopic (exact) mass is 629 g/mol. The van der Waals surface area contributed by atoms with Gasteiger partial charge >= 0.3 is 7.82 Å². The molecule has 13 N–H and O–H groups in total. The third-order valence-corrected chi connectivity index (χ3v) is 7.86. The Bertz CT molecular complexity index is 1730. The number of H-pyrrole nitrogens is 1. The van der Waals surface area contributed by atoms with Crippen LogP contribution in [0.5, 0.6) is 0 Å². The van der Waals surface area contributed by atoms with Crippen LogP contribution in [0.15, 0.2) is 23.8 Å². The van der Waals surface area contributed by atoms with Gasteiger partial charge in [0.25, 0.3) is 5.56 Å². The second-order valence-electron chi connectivity index (χ2n) is 9.48. The minimum Gasteiger partial charge on any atom is -0.394 e. The van der Waals surface area contributed by atoms with E-state index in [1.165, 1.54) is 17.2 Å². The largest absolute Gasteiger partial charge is 0.472 e. The van der Waals surface area contributed by atoms with E-state index in [0.29, 0.717) is 0 Å². The topological polar surface area (TPSA) is 349 Å². The SMILES string of the molecule is N.Nc1nc2c(ncn2C2OC(CO)C(O)C2OP(=O)(O)OCC2OC(n3cnc4c(N)ncnc43)C(O)C2O)c(=O)[nH]1. The van der Waals surface area contributed by atoms with Crippen molar-refractivity contribution in [3.8, 4) is 0 Å². The Morgan fingerprint density at radius 3 is 2.35 bits per heavy atom. The maximum absolute atomic E-state index is 13.0. The fourth-order valence-corrected chi connectivity index (χ4v) is 5.77. The van der Waals surface area contributed by atoms with E-state index in [1.807, 2.05) is 0 Å². The number of phosphoric acid groups is 1. The van der Waals surface area contributed by atoms with Crippen molar-refractivity contribution in [2.24, 2.45) is 0 Å². The third kappa shape index (κ3) is 5.34. The normalized spacial score (nSPS) is 30.5. The van der Waals surface area contributed by atoms with Gasteiger partial charge in [0.15, 0.2) is 35.1 Å². The zero-order valence-corrected chi connectivity index (χ0v) is 22.8. The van der Waals surface area contributed by atoms with Crippen molar-refractivity contribution >= 4 is 41.9 Å². The van der Waals surface area contributed by atoms with E-state index in [0.717, 1.165) is 10.9 Å². The Morgan fingerprint density at radius 2 is 1.63 bits per heavy atom. The Labute approximate surface area is 239 Å². The molecule has 2 aliphatic rings. The summed E-state index contributed by atoms with van der Waals surface area (Å²) in [6.45, 7) is -1.44. The highest BCUT2D eigenvalue weighted by Crippen LogP contribution is 2.50. The number of nitrogen functional groups attached to an aromatic ring is 2. The molecule has 43 heavy (non-hydrogen) atoms. The van der Waals surface area contributed by atoms with Gasteiger partial charge in [0, 0.05) is 0 Å². The van der Waals surface area contributed by atoms with Gasteiger partial charge in [-0.15, -0.1) is 0 Å². The Kier molecular flexibility index (Phi) is 8.19. The van der Waals surface area contributed by atoms with Gasteiger partial charge in [-0.05, 0) is 0 Å². The van der Waals surface area contributed by atoms with Crippen molar-refractivity contribution in [3.63, 3.8) is 0 Å². The average Bonchev–Trinajstić information content (AvgIpc) is 3.69. The van der Waals surface area contributed by atoms with Crippen LogP contribution in [0.1, 0.15) is 12.5 Å². The molecule has 0 saturated carbocycles. The summed E-state index contributed by atoms with van der Waals surface area (Å²) < 4.78 is 37.0. The molecule has 0 aliphatic carbocycles. The number of hydrogen-bond donors (Lipinski definition) is 9. The zero-order chi connectivity index (χ0) is 29.9. The fourth-order valence-electron chi connectivity index (χ4n) is 4.84. The molecule has 9 atom stereocenters. The van der Waals surface area contributed by atoms with Gasteiger partial charge in [-0.1, -0.05) is 0 Å². The number of aromatic nitrogens is 8. The summed E-state index contributed by atoms with van der Waals surface area (Å²) in [5, 5.41) is 41.5. The first kappa shape index (κ1) is 30.8. The lowest BCUT2D eigenvalue weighted by molar-refractivity contribution is -0.0615. The van der Waals surface area contributed by atoms with Gasteiger partial charge in [0.1, 0.15) is 48.5 Å². The van der Waals surface area contributed by atoms with E-state index in [9.17, 15) is 34.7 Å². The molecule has 0 radical (unpaired) electrons. The fraction of sp³-hybridized carbons (Fsp3) is 0.500. The van der Waals surface area contributed by atoms with Crippen LogP contribution in [0.2, 0.25) is 0 Å². The molecule has 2 saturated heterocycles. The Hall–Kier alpha value is -3.67. The molecule has 6 rings (SSSR count). The van der Waals surface area contributed by atoms with E-state index in [1.54, 1.807) is 0 Å². The number of fused-ring (bicyclic) bond motifs is 2. The minimum absolute atomic E-state index is 0. The molecule has 9 unspecified atom stereocenters. The first-order valence-corrected chi connectivity index (χ1v) is 13.8. The predicted octanol–water partition coefficient (Wildman–Crippen LogP) is -3.34. The van der Waals surface area contributed by atoms with E-state index >= 15 is 0 Å². The number of rotatable bonds is 8. The standard InChI is InChI=1S/C20H25N10O11P.H3N/c21-14-8-15(24-3-23-14)29(4-25-8)18-12(34)10(32)7(40-18)2-38-42(36,37)41-13-11(33)6(1-31)39-19(13)30-5-26-9-16(30)27-20(22)28-17(9)35;/h3-7,10-13,18-19,31-34H,1-2H2,(H,36,37)(H2,21,23,24)(H3,22,27,28,35);1H3. The van der Waals surface area contributed by atoms with Gasteiger partial charge in [0.2, 0.25) is 5.95 Å². The maximum atomic E-state index is 13.0. The number of aromatic amines is 1. The summed E-state index contributed by atoms with van der Waals surface area (Å²) in [5.74, 6) is -0.171. The summed E-state index contributed by atoms with van der Waals surface area (Å²) in [6.07, 6.45) is -8.05. The molecule has 4 aromatic heterocycles. The lowest BCUT2D eigenvalue weighted by Crippen LogP contribution is -2.36. The van der Waals surface area contributed by atoms with E-state index in [-0.39, 0.29) is 40.2 Å². The summed E-state index contributed by atoms with van der Waals surface area (Å²) in [6, 6.07) is 0. The first-order valence-electron chi connectivity index (χ1n) is 12.3. The number of anilines is 2. The number of imidazole rings is 2. The van der Waals surface area contributed by atoms with Crippen molar-refractivity contribution in [1.82, 2.24) is 45.2 Å². The number of aliphatic hydroxyl groups excluding tert-OH is 4. The second-order valence-corrected chi connectivity index (χ2v) is 10.9. The van der Waals surface area contributed by atoms with E-state index in [2.05, 4.69) is 29.9 Å². The Morgan fingerprint density at radius 1 is 0.953 bits per heavy atom. The number of aliphatic hydroxyl groups is 4. The molecule has 2 fully saturated rings. The number of nitrogens with two attached hydrogens (primary N) is 2. The van der Waals surface area contributed by atoms with Crippen LogP contribution in [0.25, 0.3) is 22.3 Å². The molecular weight excluding hydrogens is 601 g/mol. The second kappa shape index (κ2) is 11.4. The molecule has 4 aromatic rings. The Balaban J connectivity index is 0.00000368. The van der Waals surface area contributed by atoms with Crippen LogP contribution in [-0.4, -0.2) is 114 Å². The molecule has 22 nitrogen and oxygen atoms in total. The highest BCUT2D eigenvalue weighted by molar-refractivity contribution is 7.47. The van der Waals surface area contributed by atoms with E-state index < -0.39 is 75.7 Å². The van der Waals surface area contributed by atoms with Crippen LogP contribution < -0.4 is 23.2 Å². The minimum atomic E-state index is -5.06. The summed E-state index contributed by atoms with van der Waals surface area (Å²) in [7, 11) is -5.06. The molecule has 234 valence electrons. The zero-order valence-electron chi connectivity index (χ0n) is 21.9. The molecule has 2 aliphatic heterocycles. The van der Waals surface area contributed by atoms with E-state index in [4.69, 9.17) is 30.0 Å². The molecule has 6 heterocycles. The summed E-state index contributed by atoms with van der Waals surface area (Å²) in [4.78, 5) is 44.9. The smallest absolute Gasteiger partial charge is 0.394 e. The third-order valence-electron chi connectivity index (χ3n) is 6.87. The molecule has 0 spiro atoms. The molecule has 23 heteroatoms. The van der Waals surface area contributed by atoms with Gasteiger partial charge in [-0.2, -0.15) is 4.98 Å². The van der Waals surface area contributed by atoms with Crippen LogP contribution in [-0.2, 0) is 23.1 Å². The lowest BCUT2D eigenvalue weighted by atomic mass is 10.1.